The first-order valence-corrected chi connectivity index (χ1v) is 8.70. The number of aromatic amines is 1. The van der Waals surface area contributed by atoms with Crippen molar-refractivity contribution in [3.05, 3.63) is 33.4 Å². The van der Waals surface area contributed by atoms with Gasteiger partial charge in [-0.1, -0.05) is 0 Å². The van der Waals surface area contributed by atoms with Crippen molar-refractivity contribution in [2.24, 2.45) is 0 Å². The fraction of sp³-hybridized carbons (Fsp3) is 0.529. The van der Waals surface area contributed by atoms with E-state index in [0.29, 0.717) is 23.9 Å². The Labute approximate surface area is 145 Å². The van der Waals surface area contributed by atoms with Gasteiger partial charge >= 0.3 is 0 Å². The molecule has 4 N–H and O–H groups in total. The van der Waals surface area contributed by atoms with Gasteiger partial charge in [0.15, 0.2) is 0 Å². The van der Waals surface area contributed by atoms with E-state index >= 15 is 0 Å². The second kappa shape index (κ2) is 6.02. The van der Waals surface area contributed by atoms with Gasteiger partial charge in [0.25, 0.3) is 5.56 Å². The molecule has 4 rings (SSSR count). The fourth-order valence-electron chi connectivity index (χ4n) is 3.63. The lowest BCUT2D eigenvalue weighted by Crippen LogP contribution is -2.36. The van der Waals surface area contributed by atoms with Crippen LogP contribution in [-0.2, 0) is 12.8 Å². The van der Waals surface area contributed by atoms with Gasteiger partial charge in [-0.3, -0.25) is 9.78 Å². The summed E-state index contributed by atoms with van der Waals surface area (Å²) < 4.78 is 0. The molecule has 0 saturated heterocycles. The van der Waals surface area contributed by atoms with Crippen molar-refractivity contribution in [2.45, 2.75) is 44.1 Å². The molecule has 8 nitrogen and oxygen atoms in total. The Kier molecular flexibility index (Phi) is 3.82. The normalized spacial score (nSPS) is 21.5. The summed E-state index contributed by atoms with van der Waals surface area (Å²) in [5.41, 5.74) is 8.88. The highest BCUT2D eigenvalue weighted by molar-refractivity contribution is 5.52. The van der Waals surface area contributed by atoms with Gasteiger partial charge in [0, 0.05) is 37.7 Å². The Balaban J connectivity index is 1.46. The first-order valence-electron chi connectivity index (χ1n) is 8.70. The molecular formula is C17H23N7O. The molecule has 0 bridgehead atoms. The molecule has 2 aromatic heterocycles. The van der Waals surface area contributed by atoms with Gasteiger partial charge in [-0.05, 0) is 32.1 Å². The molecule has 132 valence electrons. The number of nitrogens with zero attached hydrogens (tertiary/aromatic N) is 4. The third-order valence-corrected chi connectivity index (χ3v) is 5.02. The van der Waals surface area contributed by atoms with E-state index in [0.717, 1.165) is 49.3 Å². The molecule has 1 fully saturated rings. The molecular weight excluding hydrogens is 318 g/mol. The van der Waals surface area contributed by atoms with Crippen LogP contribution in [0.25, 0.3) is 0 Å². The minimum Gasteiger partial charge on any atom is -0.368 e. The van der Waals surface area contributed by atoms with Crippen molar-refractivity contribution < 1.29 is 0 Å². The number of anilines is 3. The summed E-state index contributed by atoms with van der Waals surface area (Å²) in [4.78, 5) is 29.7. The Morgan fingerprint density at radius 2 is 2.04 bits per heavy atom. The summed E-state index contributed by atoms with van der Waals surface area (Å²) in [7, 11) is 3.74. The molecule has 1 saturated carbocycles. The number of aromatic nitrogens is 4. The van der Waals surface area contributed by atoms with Crippen LogP contribution in [0.2, 0.25) is 0 Å². The monoisotopic (exact) mass is 341 g/mol. The molecule has 0 radical (unpaired) electrons. The average molecular weight is 341 g/mol. The van der Waals surface area contributed by atoms with Gasteiger partial charge in [0.1, 0.15) is 5.82 Å². The summed E-state index contributed by atoms with van der Waals surface area (Å²) in [5.74, 6) is 2.12. The van der Waals surface area contributed by atoms with E-state index in [1.807, 2.05) is 19.0 Å². The van der Waals surface area contributed by atoms with Crippen molar-refractivity contribution in [3.8, 4) is 0 Å². The van der Waals surface area contributed by atoms with E-state index in [9.17, 15) is 4.79 Å². The maximum absolute atomic E-state index is 11.8. The predicted molar refractivity (Wildman–Crippen MR) is 97.0 cm³/mol. The van der Waals surface area contributed by atoms with Crippen LogP contribution in [0.5, 0.6) is 0 Å². The second-order valence-electron chi connectivity index (χ2n) is 7.11. The lowest BCUT2D eigenvalue weighted by Gasteiger charge is -2.36. The lowest BCUT2D eigenvalue weighted by atomic mass is 9.78. The molecule has 0 aliphatic heterocycles. The Morgan fingerprint density at radius 1 is 1.24 bits per heavy atom. The Morgan fingerprint density at radius 3 is 2.80 bits per heavy atom. The summed E-state index contributed by atoms with van der Waals surface area (Å²) in [6.45, 7) is 0. The van der Waals surface area contributed by atoms with E-state index < -0.39 is 0 Å². The quantitative estimate of drug-likeness (QED) is 0.762. The predicted octanol–water partition coefficient (Wildman–Crippen LogP) is 1.05. The highest BCUT2D eigenvalue weighted by Crippen LogP contribution is 2.38. The molecule has 25 heavy (non-hydrogen) atoms. The molecule has 2 heterocycles. The van der Waals surface area contributed by atoms with Crippen LogP contribution in [0, 0.1) is 0 Å². The molecule has 0 aromatic carbocycles. The van der Waals surface area contributed by atoms with Crippen LogP contribution in [-0.4, -0.2) is 40.1 Å². The van der Waals surface area contributed by atoms with Gasteiger partial charge in [-0.2, -0.15) is 4.98 Å². The maximum Gasteiger partial charge on any atom is 0.252 e. The first-order chi connectivity index (χ1) is 12.0. The molecule has 0 unspecified atom stereocenters. The molecule has 2 aromatic rings. The highest BCUT2D eigenvalue weighted by Gasteiger charge is 2.33. The summed E-state index contributed by atoms with van der Waals surface area (Å²) >= 11 is 0. The van der Waals surface area contributed by atoms with Gasteiger partial charge in [-0.15, -0.1) is 0 Å². The summed E-state index contributed by atoms with van der Waals surface area (Å²) in [6.07, 6.45) is 4.97. The minimum atomic E-state index is -0.105. The van der Waals surface area contributed by atoms with Gasteiger partial charge in [-0.25, -0.2) is 9.97 Å². The SMILES string of the molecule is CN(C)c1nc(C2CC(Nc3nc(N)nc4c3CCC4)C2)cc(=O)[nH]1. The number of rotatable bonds is 4. The van der Waals surface area contributed by atoms with Crippen molar-refractivity contribution in [2.75, 3.05) is 30.0 Å². The van der Waals surface area contributed by atoms with Crippen LogP contribution < -0.4 is 21.5 Å². The lowest BCUT2D eigenvalue weighted by molar-refractivity contribution is 0.365. The zero-order valence-corrected chi connectivity index (χ0v) is 14.5. The van der Waals surface area contributed by atoms with Crippen LogP contribution >= 0.6 is 0 Å². The van der Waals surface area contributed by atoms with Crippen LogP contribution in [0.1, 0.15) is 42.1 Å². The Bertz CT molecular complexity index is 855. The zero-order chi connectivity index (χ0) is 17.6. The molecule has 8 heteroatoms. The topological polar surface area (TPSA) is 113 Å². The number of H-pyrrole nitrogens is 1. The maximum atomic E-state index is 11.8. The van der Waals surface area contributed by atoms with Crippen molar-refractivity contribution in [1.82, 2.24) is 19.9 Å². The van der Waals surface area contributed by atoms with Crippen molar-refractivity contribution in [3.63, 3.8) is 0 Å². The van der Waals surface area contributed by atoms with Crippen molar-refractivity contribution >= 4 is 17.7 Å². The third kappa shape index (κ3) is 3.04. The summed E-state index contributed by atoms with van der Waals surface area (Å²) in [6, 6.07) is 1.93. The van der Waals surface area contributed by atoms with Crippen LogP contribution in [0.4, 0.5) is 17.7 Å². The van der Waals surface area contributed by atoms with E-state index in [-0.39, 0.29) is 5.56 Å². The summed E-state index contributed by atoms with van der Waals surface area (Å²) in [5, 5.41) is 3.52. The number of aryl methyl sites for hydroxylation is 1. The Hall–Kier alpha value is -2.64. The smallest absolute Gasteiger partial charge is 0.252 e. The fourth-order valence-corrected chi connectivity index (χ4v) is 3.63. The second-order valence-corrected chi connectivity index (χ2v) is 7.11. The number of nitrogens with two attached hydrogens (primary N) is 1. The number of nitrogen functional groups attached to an aromatic ring is 1. The standard InChI is InChI=1S/C17H23N7O/c1-24(2)17-21-13(8-14(25)22-17)9-6-10(7-9)19-15-11-4-3-5-12(11)20-16(18)23-15/h8-10H,3-7H2,1-2H3,(H,21,22,25)(H3,18,19,20,23). The van der Waals surface area contributed by atoms with Crippen molar-refractivity contribution in [1.29, 1.82) is 0 Å². The van der Waals surface area contributed by atoms with Gasteiger partial charge < -0.3 is 16.0 Å². The van der Waals surface area contributed by atoms with Gasteiger partial charge in [0.05, 0.1) is 11.4 Å². The average Bonchev–Trinajstić information content (AvgIpc) is 2.97. The van der Waals surface area contributed by atoms with E-state index in [1.165, 1.54) is 5.56 Å². The van der Waals surface area contributed by atoms with E-state index in [4.69, 9.17) is 5.73 Å². The first kappa shape index (κ1) is 15.9. The van der Waals surface area contributed by atoms with Crippen LogP contribution in [0.15, 0.2) is 10.9 Å². The van der Waals surface area contributed by atoms with E-state index in [2.05, 4.69) is 25.3 Å². The number of hydrogen-bond acceptors (Lipinski definition) is 7. The zero-order valence-electron chi connectivity index (χ0n) is 14.5. The molecule has 0 spiro atoms. The molecule has 2 aliphatic carbocycles. The third-order valence-electron chi connectivity index (χ3n) is 5.02. The van der Waals surface area contributed by atoms with Gasteiger partial charge in [0.2, 0.25) is 11.9 Å². The van der Waals surface area contributed by atoms with Crippen LogP contribution in [0.3, 0.4) is 0 Å². The molecule has 2 aliphatic rings. The largest absolute Gasteiger partial charge is 0.368 e. The number of hydrogen-bond donors (Lipinski definition) is 3. The molecule has 0 amide bonds. The van der Waals surface area contributed by atoms with E-state index in [1.54, 1.807) is 6.07 Å². The number of nitrogens with one attached hydrogen (secondary N) is 2. The molecule has 0 atom stereocenters. The highest BCUT2D eigenvalue weighted by atomic mass is 16.1. The minimum absolute atomic E-state index is 0.105. The number of fused-ring (bicyclic) bond motifs is 1.